The van der Waals surface area contributed by atoms with Gasteiger partial charge >= 0.3 is 0 Å². The normalized spacial score (nSPS) is 10.9. The predicted molar refractivity (Wildman–Crippen MR) is 75.0 cm³/mol. The molecule has 1 aromatic heterocycles. The Hall–Kier alpha value is -1.65. The van der Waals surface area contributed by atoms with Crippen molar-refractivity contribution in [1.29, 1.82) is 0 Å². The highest BCUT2D eigenvalue weighted by Gasteiger charge is 2.10. The van der Waals surface area contributed by atoms with Gasteiger partial charge in [0.15, 0.2) is 12.2 Å². The second kappa shape index (κ2) is 6.50. The van der Waals surface area contributed by atoms with Crippen LogP contribution < -0.4 is 5.32 Å². The summed E-state index contributed by atoms with van der Waals surface area (Å²) < 4.78 is 10.5. The van der Waals surface area contributed by atoms with E-state index in [1.165, 1.54) is 17.5 Å². The lowest BCUT2D eigenvalue weighted by Gasteiger charge is -2.06. The van der Waals surface area contributed by atoms with E-state index in [1.54, 1.807) is 7.11 Å². The molecule has 0 radical (unpaired) electrons. The summed E-state index contributed by atoms with van der Waals surface area (Å²) in [6.07, 6.45) is 1.50. The molecule has 0 fully saturated rings. The monoisotopic (exact) mass is 260 g/mol. The molecule has 4 nitrogen and oxygen atoms in total. The Balaban J connectivity index is 2.12. The SMILES string of the molecule is COCCNCc1ncoc1-c1ccc(C)c(C)c1. The van der Waals surface area contributed by atoms with Gasteiger partial charge < -0.3 is 14.5 Å². The van der Waals surface area contributed by atoms with Gasteiger partial charge in [0.25, 0.3) is 0 Å². The third-order valence-corrected chi connectivity index (χ3v) is 3.19. The molecule has 1 aromatic carbocycles. The van der Waals surface area contributed by atoms with Gasteiger partial charge in [-0.1, -0.05) is 12.1 Å². The summed E-state index contributed by atoms with van der Waals surface area (Å²) in [4.78, 5) is 4.27. The number of aromatic nitrogens is 1. The van der Waals surface area contributed by atoms with Gasteiger partial charge in [0.05, 0.1) is 6.61 Å². The lowest BCUT2D eigenvalue weighted by atomic mass is 10.0. The van der Waals surface area contributed by atoms with E-state index in [4.69, 9.17) is 9.15 Å². The zero-order valence-electron chi connectivity index (χ0n) is 11.7. The largest absolute Gasteiger partial charge is 0.443 e. The van der Waals surface area contributed by atoms with Crippen LogP contribution in [0.15, 0.2) is 29.0 Å². The fourth-order valence-corrected chi connectivity index (χ4v) is 1.89. The van der Waals surface area contributed by atoms with Gasteiger partial charge in [-0.15, -0.1) is 0 Å². The lowest BCUT2D eigenvalue weighted by molar-refractivity contribution is 0.199. The number of aryl methyl sites for hydroxylation is 2. The topological polar surface area (TPSA) is 47.3 Å². The number of oxazole rings is 1. The van der Waals surface area contributed by atoms with E-state index >= 15 is 0 Å². The van der Waals surface area contributed by atoms with E-state index < -0.39 is 0 Å². The second-order valence-electron chi connectivity index (χ2n) is 4.60. The maximum Gasteiger partial charge on any atom is 0.181 e. The molecule has 2 aromatic rings. The van der Waals surface area contributed by atoms with Gasteiger partial charge in [-0.25, -0.2) is 4.98 Å². The van der Waals surface area contributed by atoms with Gasteiger partial charge in [-0.05, 0) is 31.0 Å². The van der Waals surface area contributed by atoms with E-state index in [0.717, 1.165) is 23.6 Å². The summed E-state index contributed by atoms with van der Waals surface area (Å²) in [6.45, 7) is 6.38. The van der Waals surface area contributed by atoms with Crippen LogP contribution in [-0.2, 0) is 11.3 Å². The van der Waals surface area contributed by atoms with Crippen molar-refractivity contribution in [2.45, 2.75) is 20.4 Å². The number of hydrogen-bond donors (Lipinski definition) is 1. The molecule has 19 heavy (non-hydrogen) atoms. The summed E-state index contributed by atoms with van der Waals surface area (Å²) >= 11 is 0. The predicted octanol–water partition coefficient (Wildman–Crippen LogP) is 2.69. The first kappa shape index (κ1) is 13.8. The molecule has 0 aliphatic carbocycles. The van der Waals surface area contributed by atoms with Crippen molar-refractivity contribution in [1.82, 2.24) is 10.3 Å². The van der Waals surface area contributed by atoms with E-state index in [-0.39, 0.29) is 0 Å². The summed E-state index contributed by atoms with van der Waals surface area (Å²) in [6, 6.07) is 6.31. The standard InChI is InChI=1S/C15H20N2O2/c1-11-4-5-13(8-12(11)2)15-14(17-10-19-15)9-16-6-7-18-3/h4-5,8,10,16H,6-7,9H2,1-3H3. The van der Waals surface area contributed by atoms with E-state index in [0.29, 0.717) is 13.2 Å². The Bertz CT molecular complexity index is 535. The summed E-state index contributed by atoms with van der Waals surface area (Å²) in [5, 5.41) is 3.28. The Morgan fingerprint density at radius 2 is 2.11 bits per heavy atom. The molecule has 0 amide bonds. The van der Waals surface area contributed by atoms with Gasteiger partial charge in [0, 0.05) is 25.8 Å². The molecular weight excluding hydrogens is 240 g/mol. The zero-order valence-corrected chi connectivity index (χ0v) is 11.7. The van der Waals surface area contributed by atoms with Crippen LogP contribution in [0.3, 0.4) is 0 Å². The first-order chi connectivity index (χ1) is 9.22. The number of nitrogens with zero attached hydrogens (tertiary/aromatic N) is 1. The van der Waals surface area contributed by atoms with Crippen LogP contribution in [0.1, 0.15) is 16.8 Å². The highest BCUT2D eigenvalue weighted by atomic mass is 16.5. The highest BCUT2D eigenvalue weighted by molar-refractivity contribution is 5.61. The summed E-state index contributed by atoms with van der Waals surface area (Å²) in [5.41, 5.74) is 4.54. The number of methoxy groups -OCH3 is 1. The van der Waals surface area contributed by atoms with Gasteiger partial charge in [0.2, 0.25) is 0 Å². The van der Waals surface area contributed by atoms with Crippen LogP contribution in [0.5, 0.6) is 0 Å². The Morgan fingerprint density at radius 3 is 2.84 bits per heavy atom. The van der Waals surface area contributed by atoms with Crippen molar-refractivity contribution in [3.8, 4) is 11.3 Å². The quantitative estimate of drug-likeness (QED) is 0.811. The molecule has 0 unspecified atom stereocenters. The number of hydrogen-bond acceptors (Lipinski definition) is 4. The molecule has 0 aliphatic heterocycles. The van der Waals surface area contributed by atoms with Crippen LogP contribution in [-0.4, -0.2) is 25.2 Å². The summed E-state index contributed by atoms with van der Waals surface area (Å²) in [7, 11) is 1.69. The smallest absolute Gasteiger partial charge is 0.181 e. The van der Waals surface area contributed by atoms with Crippen molar-refractivity contribution < 1.29 is 9.15 Å². The second-order valence-corrected chi connectivity index (χ2v) is 4.60. The van der Waals surface area contributed by atoms with Crippen LogP contribution in [0.2, 0.25) is 0 Å². The Kier molecular flexibility index (Phi) is 4.71. The van der Waals surface area contributed by atoms with Crippen LogP contribution in [0.4, 0.5) is 0 Å². The van der Waals surface area contributed by atoms with Crippen LogP contribution in [0.25, 0.3) is 11.3 Å². The molecule has 0 aliphatic rings. The molecule has 1 N–H and O–H groups in total. The van der Waals surface area contributed by atoms with Crippen LogP contribution in [0, 0.1) is 13.8 Å². The van der Waals surface area contributed by atoms with Crippen molar-refractivity contribution >= 4 is 0 Å². The molecule has 2 rings (SSSR count). The van der Waals surface area contributed by atoms with Crippen molar-refractivity contribution in [3.05, 3.63) is 41.4 Å². The molecule has 102 valence electrons. The average molecular weight is 260 g/mol. The van der Waals surface area contributed by atoms with Crippen molar-refractivity contribution in [2.24, 2.45) is 0 Å². The van der Waals surface area contributed by atoms with E-state index in [9.17, 15) is 0 Å². The molecule has 0 saturated heterocycles. The molecule has 0 saturated carbocycles. The molecular formula is C15H20N2O2. The number of rotatable bonds is 6. The van der Waals surface area contributed by atoms with Gasteiger partial charge in [0.1, 0.15) is 5.69 Å². The van der Waals surface area contributed by atoms with Crippen molar-refractivity contribution in [2.75, 3.05) is 20.3 Å². The first-order valence-electron chi connectivity index (χ1n) is 6.42. The molecule has 1 heterocycles. The fraction of sp³-hybridized carbons (Fsp3) is 0.400. The van der Waals surface area contributed by atoms with Gasteiger partial charge in [-0.2, -0.15) is 0 Å². The first-order valence-corrected chi connectivity index (χ1v) is 6.42. The average Bonchev–Trinajstić information content (AvgIpc) is 2.86. The Labute approximate surface area is 113 Å². The molecule has 4 heteroatoms. The van der Waals surface area contributed by atoms with E-state index in [2.05, 4.69) is 42.3 Å². The minimum absolute atomic E-state index is 0.683. The van der Waals surface area contributed by atoms with Crippen LogP contribution >= 0.6 is 0 Å². The fourth-order valence-electron chi connectivity index (χ4n) is 1.89. The third-order valence-electron chi connectivity index (χ3n) is 3.19. The number of ether oxygens (including phenoxy) is 1. The maximum atomic E-state index is 5.52. The highest BCUT2D eigenvalue weighted by Crippen LogP contribution is 2.25. The van der Waals surface area contributed by atoms with Gasteiger partial charge in [-0.3, -0.25) is 0 Å². The minimum atomic E-state index is 0.683. The third kappa shape index (κ3) is 3.43. The Morgan fingerprint density at radius 1 is 1.26 bits per heavy atom. The maximum absolute atomic E-state index is 5.52. The number of benzene rings is 1. The number of nitrogens with one attached hydrogen (secondary N) is 1. The molecule has 0 atom stereocenters. The minimum Gasteiger partial charge on any atom is -0.443 e. The molecule has 0 bridgehead atoms. The molecule has 0 spiro atoms. The zero-order chi connectivity index (χ0) is 13.7. The lowest BCUT2D eigenvalue weighted by Crippen LogP contribution is -2.19. The summed E-state index contributed by atoms with van der Waals surface area (Å²) in [5.74, 6) is 0.841. The van der Waals surface area contributed by atoms with Crippen molar-refractivity contribution in [3.63, 3.8) is 0 Å². The van der Waals surface area contributed by atoms with E-state index in [1.807, 2.05) is 0 Å².